The highest BCUT2D eigenvalue weighted by atomic mass is 19.3. The number of nitrogens with one attached hydrogen (secondary N) is 2. The highest BCUT2D eigenvalue weighted by Gasteiger charge is 2.40. The number of hydrogen-bond acceptors (Lipinski definition) is 10. The molecular weight excluding hydrogens is 740 g/mol. The van der Waals surface area contributed by atoms with Crippen molar-refractivity contribution in [1.82, 2.24) is 40.2 Å². The van der Waals surface area contributed by atoms with Crippen molar-refractivity contribution >= 4 is 11.8 Å². The van der Waals surface area contributed by atoms with Crippen LogP contribution in [0, 0.1) is 0 Å². The fourth-order valence-electron chi connectivity index (χ4n) is 6.24. The lowest BCUT2D eigenvalue weighted by atomic mass is 9.72. The van der Waals surface area contributed by atoms with Gasteiger partial charge >= 0.3 is 13.2 Å². The van der Waals surface area contributed by atoms with E-state index < -0.39 is 60.8 Å². The lowest BCUT2D eigenvalue weighted by Gasteiger charge is -2.43. The van der Waals surface area contributed by atoms with Crippen LogP contribution < -0.4 is 31.2 Å². The van der Waals surface area contributed by atoms with Crippen molar-refractivity contribution in [3.05, 3.63) is 117 Å². The number of nitrogens with zero attached hydrogens (tertiary/aromatic N) is 6. The Morgan fingerprint density at radius 3 is 1.96 bits per heavy atom. The van der Waals surface area contributed by atoms with E-state index >= 15 is 0 Å². The van der Waals surface area contributed by atoms with Crippen LogP contribution in [0.25, 0.3) is 22.5 Å². The van der Waals surface area contributed by atoms with E-state index in [1.54, 1.807) is 6.92 Å². The second kappa shape index (κ2) is 17.3. The Hall–Kier alpha value is -6.46. The molecule has 0 spiro atoms. The maximum atomic E-state index is 13.7. The molecule has 6 rings (SSSR count). The van der Waals surface area contributed by atoms with Gasteiger partial charge in [0.1, 0.15) is 13.1 Å². The lowest BCUT2D eigenvalue weighted by molar-refractivity contribution is -0.125. The third kappa shape index (κ3) is 9.79. The fraction of sp³-hybridized carbons (Fsp3) is 0.316. The van der Waals surface area contributed by atoms with Crippen LogP contribution in [0.5, 0.6) is 11.8 Å². The van der Waals surface area contributed by atoms with Crippen LogP contribution in [-0.2, 0) is 34.6 Å². The minimum absolute atomic E-state index is 0.136. The van der Waals surface area contributed by atoms with Crippen LogP contribution in [-0.4, -0.2) is 60.6 Å². The fourth-order valence-corrected chi connectivity index (χ4v) is 6.24. The van der Waals surface area contributed by atoms with Crippen LogP contribution in [0.2, 0.25) is 0 Å². The monoisotopic (exact) mass is 776 g/mol. The third-order valence-electron chi connectivity index (χ3n) is 9.15. The first kappa shape index (κ1) is 39.2. The topological polar surface area (TPSA) is 172 Å². The number of alkyl halides is 4. The number of carbonyl (C=O) groups excluding carboxylic acids is 2. The van der Waals surface area contributed by atoms with E-state index in [1.165, 1.54) is 54.9 Å². The molecule has 0 unspecified atom stereocenters. The normalized spacial score (nSPS) is 13.8. The highest BCUT2D eigenvalue weighted by Crippen LogP contribution is 2.41. The summed E-state index contributed by atoms with van der Waals surface area (Å²) in [4.78, 5) is 60.4. The van der Waals surface area contributed by atoms with Gasteiger partial charge in [-0.1, -0.05) is 30.3 Å². The molecule has 4 aromatic heterocycles. The molecule has 0 saturated heterocycles. The van der Waals surface area contributed by atoms with Crippen molar-refractivity contribution in [2.24, 2.45) is 0 Å². The number of ether oxygens (including phenoxy) is 2. The minimum Gasteiger partial charge on any atom is -0.417 e. The summed E-state index contributed by atoms with van der Waals surface area (Å²) in [7, 11) is 0. The highest BCUT2D eigenvalue weighted by molar-refractivity contribution is 5.77. The van der Waals surface area contributed by atoms with Crippen LogP contribution in [0.1, 0.15) is 43.7 Å². The number of halogens is 4. The largest absolute Gasteiger partial charge is 0.417 e. The summed E-state index contributed by atoms with van der Waals surface area (Å²) in [5, 5.41) is 14.5. The smallest absolute Gasteiger partial charge is 0.388 e. The second-order valence-electron chi connectivity index (χ2n) is 13.1. The van der Waals surface area contributed by atoms with Gasteiger partial charge in [-0.2, -0.15) is 27.8 Å². The molecule has 2 amide bonds. The maximum absolute atomic E-state index is 13.7. The van der Waals surface area contributed by atoms with Crippen molar-refractivity contribution in [3.8, 4) is 34.3 Å². The molecule has 4 heterocycles. The van der Waals surface area contributed by atoms with Crippen molar-refractivity contribution in [1.29, 1.82) is 0 Å². The third-order valence-corrected chi connectivity index (χ3v) is 9.15. The van der Waals surface area contributed by atoms with Crippen LogP contribution >= 0.6 is 0 Å². The lowest BCUT2D eigenvalue weighted by Crippen LogP contribution is -2.52. The predicted molar refractivity (Wildman–Crippen MR) is 193 cm³/mol. The van der Waals surface area contributed by atoms with Crippen molar-refractivity contribution < 1.29 is 36.6 Å². The number of aryl methyl sites for hydroxylation is 1. The average Bonchev–Trinajstić information content (AvgIpc) is 3.15. The summed E-state index contributed by atoms with van der Waals surface area (Å²) in [5.41, 5.74) is 0.840. The van der Waals surface area contributed by atoms with Crippen LogP contribution in [0.15, 0.2) is 94.8 Å². The molecule has 0 aliphatic heterocycles. The summed E-state index contributed by atoms with van der Waals surface area (Å²) in [6.45, 7) is -5.25. The van der Waals surface area contributed by atoms with Gasteiger partial charge in [0.05, 0.1) is 16.9 Å². The van der Waals surface area contributed by atoms with Gasteiger partial charge in [0, 0.05) is 53.3 Å². The number of rotatable bonds is 16. The van der Waals surface area contributed by atoms with Gasteiger partial charge in [0.2, 0.25) is 23.6 Å². The zero-order valence-electron chi connectivity index (χ0n) is 29.9. The molecule has 56 heavy (non-hydrogen) atoms. The van der Waals surface area contributed by atoms with Crippen molar-refractivity contribution in [2.75, 3.05) is 0 Å². The van der Waals surface area contributed by atoms with Crippen LogP contribution in [0.3, 0.4) is 0 Å². The van der Waals surface area contributed by atoms with Gasteiger partial charge in [-0.15, -0.1) is 0 Å². The molecule has 1 saturated carbocycles. The molecule has 292 valence electrons. The van der Waals surface area contributed by atoms with Gasteiger partial charge in [-0.05, 0) is 68.9 Å². The zero-order chi connectivity index (χ0) is 39.8. The molecule has 0 radical (unpaired) electrons. The van der Waals surface area contributed by atoms with Gasteiger partial charge in [0.15, 0.2) is 0 Å². The van der Waals surface area contributed by atoms with E-state index in [0.29, 0.717) is 11.1 Å². The summed E-state index contributed by atoms with van der Waals surface area (Å²) in [6.07, 6.45) is 5.30. The predicted octanol–water partition coefficient (Wildman–Crippen LogP) is 4.46. The molecule has 18 heteroatoms. The molecule has 1 aliphatic carbocycles. The summed E-state index contributed by atoms with van der Waals surface area (Å²) < 4.78 is 61.0. The number of hydrogen-bond donors (Lipinski definition) is 2. The van der Waals surface area contributed by atoms with Crippen molar-refractivity contribution in [3.63, 3.8) is 0 Å². The van der Waals surface area contributed by atoms with Crippen LogP contribution in [0.4, 0.5) is 17.6 Å². The van der Waals surface area contributed by atoms with Gasteiger partial charge in [-0.25, -0.2) is 19.3 Å². The maximum Gasteiger partial charge on any atom is 0.388 e. The molecule has 1 aromatic carbocycles. The molecule has 1 fully saturated rings. The number of amides is 2. The number of benzene rings is 1. The first-order valence-corrected chi connectivity index (χ1v) is 17.5. The summed E-state index contributed by atoms with van der Waals surface area (Å²) in [5.74, 6) is -1.59. The van der Waals surface area contributed by atoms with Gasteiger partial charge in [0.25, 0.3) is 11.1 Å². The van der Waals surface area contributed by atoms with E-state index in [1.807, 2.05) is 30.3 Å². The number of pyridine rings is 2. The standard InChI is InChI=1S/C38H36F4N8O6/c1-23(45-30(51)21-49-34(53)15-12-28(47-49)25-10-13-32(43-19-25)55-36(39)40)8-9-24-18-29(26-11-14-33(44-20-26)56-37(41)42)48-50(35(24)54)22-31(52)46-38(16-5-17-38)27-6-3-2-4-7-27/h2-4,6-7,10-15,18-20,23,36-37H,5,8-9,16-17,21-22H2,1H3,(H,45,51)(H,46,52)/t23-/m0/s1. The molecule has 1 aliphatic rings. The average molecular weight is 777 g/mol. The number of aromatic nitrogens is 6. The number of carbonyl (C=O) groups is 2. The first-order valence-electron chi connectivity index (χ1n) is 17.5. The Labute approximate surface area is 316 Å². The Bertz CT molecular complexity index is 2270. The van der Waals surface area contributed by atoms with E-state index in [2.05, 4.69) is 40.3 Å². The van der Waals surface area contributed by atoms with Crippen molar-refractivity contribution in [2.45, 2.75) is 76.9 Å². The van der Waals surface area contributed by atoms with E-state index in [4.69, 9.17) is 0 Å². The van der Waals surface area contributed by atoms with Gasteiger partial charge < -0.3 is 20.1 Å². The molecule has 2 N–H and O–H groups in total. The quantitative estimate of drug-likeness (QED) is 0.136. The SMILES string of the molecule is C[C@@H](CCc1cc(-c2ccc(OC(F)F)nc2)nn(CC(=O)NC2(c3ccccc3)CCC2)c1=O)NC(=O)Cn1nc(-c2ccc(OC(F)F)nc2)ccc1=O. The summed E-state index contributed by atoms with van der Waals surface area (Å²) >= 11 is 0. The second-order valence-corrected chi connectivity index (χ2v) is 13.1. The Kier molecular flexibility index (Phi) is 12.2. The molecule has 0 bridgehead atoms. The van der Waals surface area contributed by atoms with Gasteiger partial charge in [-0.3, -0.25) is 19.2 Å². The zero-order valence-corrected chi connectivity index (χ0v) is 29.9. The summed E-state index contributed by atoms with van der Waals surface area (Å²) in [6, 6.07) is 18.5. The van der Waals surface area contributed by atoms with E-state index in [9.17, 15) is 36.7 Å². The molecular formula is C38H36F4N8O6. The Morgan fingerprint density at radius 2 is 1.39 bits per heavy atom. The Morgan fingerprint density at radius 1 is 0.786 bits per heavy atom. The Balaban J connectivity index is 1.15. The van der Waals surface area contributed by atoms with E-state index in [0.717, 1.165) is 34.2 Å². The van der Waals surface area contributed by atoms with E-state index in [-0.39, 0.29) is 41.6 Å². The first-order chi connectivity index (χ1) is 26.9. The molecule has 14 nitrogen and oxygen atoms in total. The molecule has 5 aromatic rings. The molecule has 1 atom stereocenters. The minimum atomic E-state index is -3.07.